The van der Waals surface area contributed by atoms with Gasteiger partial charge in [-0.3, -0.25) is 9.78 Å². The summed E-state index contributed by atoms with van der Waals surface area (Å²) in [7, 11) is -3.79. The summed E-state index contributed by atoms with van der Waals surface area (Å²) in [6.45, 7) is 2.42. The zero-order valence-corrected chi connectivity index (χ0v) is 17.8. The normalized spacial score (nSPS) is 15.5. The van der Waals surface area contributed by atoms with Crippen LogP contribution in [0.25, 0.3) is 10.9 Å². The molecule has 0 bridgehead atoms. The number of pyridine rings is 1. The molecule has 156 valence electrons. The molecule has 0 spiro atoms. The van der Waals surface area contributed by atoms with Gasteiger partial charge in [0.25, 0.3) is 5.91 Å². The average Bonchev–Trinajstić information content (AvgIpc) is 2.74. The first-order valence-corrected chi connectivity index (χ1v) is 11.2. The largest absolute Gasteiger partial charge is 0.336 e. The van der Waals surface area contributed by atoms with Crippen LogP contribution in [0.5, 0.6) is 0 Å². The van der Waals surface area contributed by atoms with Crippen molar-refractivity contribution in [2.75, 3.05) is 26.2 Å². The number of carbonyl (C=O) groups is 1. The molecule has 1 aliphatic rings. The van der Waals surface area contributed by atoms with E-state index in [4.69, 9.17) is 11.6 Å². The molecule has 1 saturated heterocycles. The number of benzene rings is 2. The zero-order chi connectivity index (χ0) is 21.5. The number of aryl methyl sites for hydroxylation is 1. The first kappa shape index (κ1) is 20.7. The molecule has 3 aromatic rings. The lowest BCUT2D eigenvalue weighted by Crippen LogP contribution is -2.50. The van der Waals surface area contributed by atoms with Gasteiger partial charge in [-0.2, -0.15) is 4.31 Å². The molecule has 30 heavy (non-hydrogen) atoms. The number of amides is 1. The van der Waals surface area contributed by atoms with Gasteiger partial charge in [-0.25, -0.2) is 12.8 Å². The summed E-state index contributed by atoms with van der Waals surface area (Å²) >= 11 is 5.88. The highest BCUT2D eigenvalue weighted by atomic mass is 35.5. The van der Waals surface area contributed by atoms with E-state index in [0.29, 0.717) is 5.52 Å². The zero-order valence-electron chi connectivity index (χ0n) is 16.2. The van der Waals surface area contributed by atoms with Gasteiger partial charge in [0.05, 0.1) is 11.1 Å². The van der Waals surface area contributed by atoms with Gasteiger partial charge in [-0.15, -0.1) is 0 Å². The molecule has 4 rings (SSSR count). The van der Waals surface area contributed by atoms with Crippen molar-refractivity contribution >= 4 is 38.4 Å². The van der Waals surface area contributed by atoms with E-state index in [9.17, 15) is 17.6 Å². The van der Waals surface area contributed by atoms with Crippen molar-refractivity contribution in [3.8, 4) is 0 Å². The number of aromatic nitrogens is 1. The van der Waals surface area contributed by atoms with Gasteiger partial charge in [0.15, 0.2) is 0 Å². The van der Waals surface area contributed by atoms with Crippen molar-refractivity contribution in [1.29, 1.82) is 0 Å². The van der Waals surface area contributed by atoms with E-state index < -0.39 is 21.7 Å². The highest BCUT2D eigenvalue weighted by Gasteiger charge is 2.32. The summed E-state index contributed by atoms with van der Waals surface area (Å²) in [5, 5.41) is 1.01. The summed E-state index contributed by atoms with van der Waals surface area (Å²) in [5.74, 6) is -1.16. The molecule has 0 radical (unpaired) electrons. The minimum absolute atomic E-state index is 0.110. The fraction of sp³-hybridized carbons (Fsp3) is 0.238. The van der Waals surface area contributed by atoms with Crippen LogP contribution in [0.1, 0.15) is 15.9 Å². The van der Waals surface area contributed by atoms with E-state index in [-0.39, 0.29) is 41.7 Å². The maximum absolute atomic E-state index is 14.0. The molecule has 0 saturated carbocycles. The highest BCUT2D eigenvalue weighted by molar-refractivity contribution is 7.89. The quantitative estimate of drug-likeness (QED) is 0.616. The Labute approximate surface area is 178 Å². The summed E-state index contributed by atoms with van der Waals surface area (Å²) in [6.07, 6.45) is 1.64. The van der Waals surface area contributed by atoms with Crippen LogP contribution in [0.4, 0.5) is 4.39 Å². The lowest BCUT2D eigenvalue weighted by Gasteiger charge is -2.34. The molecular formula is C21H19ClFN3O3S. The molecule has 9 heteroatoms. The number of hydrogen-bond acceptors (Lipinski definition) is 4. The first-order chi connectivity index (χ1) is 14.3. The van der Waals surface area contributed by atoms with Crippen LogP contribution < -0.4 is 0 Å². The second kappa shape index (κ2) is 7.94. The van der Waals surface area contributed by atoms with E-state index in [1.54, 1.807) is 18.3 Å². The van der Waals surface area contributed by atoms with Crippen LogP contribution in [-0.2, 0) is 10.0 Å². The van der Waals surface area contributed by atoms with Crippen LogP contribution in [0.2, 0.25) is 5.02 Å². The summed E-state index contributed by atoms with van der Waals surface area (Å²) in [4.78, 5) is 18.5. The molecule has 1 aromatic heterocycles. The van der Waals surface area contributed by atoms with E-state index in [1.807, 2.05) is 19.1 Å². The van der Waals surface area contributed by atoms with Gasteiger partial charge >= 0.3 is 0 Å². The Bertz CT molecular complexity index is 1240. The fourth-order valence-electron chi connectivity index (χ4n) is 3.55. The van der Waals surface area contributed by atoms with E-state index in [1.165, 1.54) is 21.3 Å². The second-order valence-electron chi connectivity index (χ2n) is 7.16. The molecule has 1 aliphatic heterocycles. The Morgan fingerprint density at radius 3 is 2.57 bits per heavy atom. The molecule has 1 fully saturated rings. The Morgan fingerprint density at radius 1 is 1.10 bits per heavy atom. The van der Waals surface area contributed by atoms with Crippen LogP contribution in [-0.4, -0.2) is 54.7 Å². The lowest BCUT2D eigenvalue weighted by atomic mass is 10.1. The van der Waals surface area contributed by atoms with Crippen molar-refractivity contribution in [3.63, 3.8) is 0 Å². The van der Waals surface area contributed by atoms with E-state index in [2.05, 4.69) is 4.98 Å². The topological polar surface area (TPSA) is 70.6 Å². The van der Waals surface area contributed by atoms with Crippen molar-refractivity contribution < 1.29 is 17.6 Å². The first-order valence-electron chi connectivity index (χ1n) is 9.37. The minimum Gasteiger partial charge on any atom is -0.336 e. The monoisotopic (exact) mass is 447 g/mol. The standard InChI is InChI=1S/C21H19ClFN3O3S/c1-14-11-15-3-2-4-19(20(15)24-13-14)30(28,29)26-9-7-25(8-10-26)21(27)17-12-16(22)5-6-18(17)23/h2-6,11-13H,7-10H2,1H3. The molecular weight excluding hydrogens is 429 g/mol. The third-order valence-electron chi connectivity index (χ3n) is 5.11. The minimum atomic E-state index is -3.79. The van der Waals surface area contributed by atoms with Crippen molar-refractivity contribution in [2.24, 2.45) is 0 Å². The number of rotatable bonds is 3. The van der Waals surface area contributed by atoms with Crippen molar-refractivity contribution in [1.82, 2.24) is 14.2 Å². The van der Waals surface area contributed by atoms with E-state index >= 15 is 0 Å². The number of fused-ring (bicyclic) bond motifs is 1. The van der Waals surface area contributed by atoms with Gasteiger partial charge in [0.2, 0.25) is 10.0 Å². The van der Waals surface area contributed by atoms with Crippen LogP contribution in [0.3, 0.4) is 0 Å². The fourth-order valence-corrected chi connectivity index (χ4v) is 5.31. The molecule has 6 nitrogen and oxygen atoms in total. The SMILES string of the molecule is Cc1cnc2c(S(=O)(=O)N3CCN(C(=O)c4cc(Cl)ccc4F)CC3)cccc2c1. The van der Waals surface area contributed by atoms with Gasteiger partial charge in [-0.05, 0) is 42.8 Å². The Kier molecular flexibility index (Phi) is 5.48. The number of halogens is 2. The molecule has 2 heterocycles. The Hall–Kier alpha value is -2.55. The predicted molar refractivity (Wildman–Crippen MR) is 113 cm³/mol. The summed E-state index contributed by atoms with van der Waals surface area (Å²) in [5.41, 5.74) is 1.24. The van der Waals surface area contributed by atoms with E-state index in [0.717, 1.165) is 17.0 Å². The number of sulfonamides is 1. The van der Waals surface area contributed by atoms with Gasteiger partial charge in [-0.1, -0.05) is 23.7 Å². The molecule has 0 aliphatic carbocycles. The highest BCUT2D eigenvalue weighted by Crippen LogP contribution is 2.26. The van der Waals surface area contributed by atoms with Crippen LogP contribution in [0, 0.1) is 12.7 Å². The Morgan fingerprint density at radius 2 is 1.83 bits per heavy atom. The third-order valence-corrected chi connectivity index (χ3v) is 7.28. The van der Waals surface area contributed by atoms with Crippen molar-refractivity contribution in [3.05, 3.63) is 70.6 Å². The average molecular weight is 448 g/mol. The number of nitrogens with zero attached hydrogens (tertiary/aromatic N) is 3. The molecule has 0 N–H and O–H groups in total. The molecule has 0 unspecified atom stereocenters. The maximum Gasteiger partial charge on any atom is 0.256 e. The summed E-state index contributed by atoms with van der Waals surface area (Å²) < 4.78 is 41.8. The number of carbonyl (C=O) groups excluding carboxylic acids is 1. The predicted octanol–water partition coefficient (Wildman–Crippen LogP) is 3.48. The van der Waals surface area contributed by atoms with Gasteiger partial charge in [0.1, 0.15) is 10.7 Å². The number of para-hydroxylation sites is 1. The molecule has 2 aromatic carbocycles. The summed E-state index contributed by atoms with van der Waals surface area (Å²) in [6, 6.07) is 10.7. The van der Waals surface area contributed by atoms with Crippen LogP contribution in [0.15, 0.2) is 53.6 Å². The maximum atomic E-state index is 14.0. The molecule has 1 amide bonds. The van der Waals surface area contributed by atoms with Gasteiger partial charge in [0, 0.05) is 42.8 Å². The van der Waals surface area contributed by atoms with Crippen molar-refractivity contribution in [2.45, 2.75) is 11.8 Å². The number of hydrogen-bond donors (Lipinski definition) is 0. The lowest BCUT2D eigenvalue weighted by molar-refractivity contribution is 0.0693. The Balaban J connectivity index is 1.55. The smallest absolute Gasteiger partial charge is 0.256 e. The third kappa shape index (κ3) is 3.78. The van der Waals surface area contributed by atoms with Crippen LogP contribution >= 0.6 is 11.6 Å². The second-order valence-corrected chi connectivity index (χ2v) is 9.50. The number of piperazine rings is 1. The van der Waals surface area contributed by atoms with Gasteiger partial charge < -0.3 is 4.90 Å². The molecule has 0 atom stereocenters.